The highest BCUT2D eigenvalue weighted by atomic mass is 16.5. The summed E-state index contributed by atoms with van der Waals surface area (Å²) >= 11 is 0. The Bertz CT molecular complexity index is 1290. The van der Waals surface area contributed by atoms with E-state index < -0.39 is 17.9 Å². The molecule has 0 fully saturated rings. The monoisotopic (exact) mass is 476 g/mol. The zero-order valence-electron chi connectivity index (χ0n) is 19.1. The van der Waals surface area contributed by atoms with Crippen molar-refractivity contribution < 1.29 is 38.4 Å². The second-order valence-electron chi connectivity index (χ2n) is 7.49. The summed E-state index contributed by atoms with van der Waals surface area (Å²) in [6.45, 7) is 8.91. The number of rotatable bonds is 10. The number of phenols is 1. The summed E-state index contributed by atoms with van der Waals surface area (Å²) in [4.78, 5) is 35.2. The Morgan fingerprint density at radius 1 is 0.914 bits per heavy atom. The molecule has 3 rings (SSSR count). The Hall–Kier alpha value is -4.59. The number of hydrogen-bond acceptors (Lipinski definition) is 8. The van der Waals surface area contributed by atoms with Crippen LogP contribution < -0.4 is 14.2 Å². The van der Waals surface area contributed by atoms with Crippen LogP contribution in [0.3, 0.4) is 0 Å². The van der Waals surface area contributed by atoms with Crippen LogP contribution in [0.15, 0.2) is 79.4 Å². The van der Waals surface area contributed by atoms with Gasteiger partial charge in [-0.05, 0) is 54.1 Å². The Morgan fingerprint density at radius 2 is 1.63 bits per heavy atom. The molecule has 180 valence electrons. The van der Waals surface area contributed by atoms with E-state index in [2.05, 4.69) is 13.2 Å². The summed E-state index contributed by atoms with van der Waals surface area (Å²) in [7, 11) is 0. The first kappa shape index (κ1) is 25.0. The number of carbonyl (C=O) groups is 3. The molecule has 8 heteroatoms. The molecule has 0 heterocycles. The minimum Gasteiger partial charge on any atom is -0.504 e. The van der Waals surface area contributed by atoms with Crippen LogP contribution in [-0.2, 0) is 14.3 Å². The number of phenolic OH excluding ortho intramolecular Hbond substituents is 1. The summed E-state index contributed by atoms with van der Waals surface area (Å²) in [5.41, 5.74) is 0.494. The fraction of sp³-hybridized carbons (Fsp3) is 0.148. The highest BCUT2D eigenvalue weighted by Gasteiger charge is 2.14. The second kappa shape index (κ2) is 11.5. The lowest BCUT2D eigenvalue weighted by atomic mass is 10.1. The SMILES string of the molecule is C=CC(=O)OCCCOc1ccc2cc(C(=O)Oc3ccc(OC(=O)C(=C)C)c(O)c3)ccc2c1. The van der Waals surface area contributed by atoms with Gasteiger partial charge in [0.2, 0.25) is 0 Å². The minimum absolute atomic E-state index is 0.0701. The van der Waals surface area contributed by atoms with Crippen LogP contribution in [0.5, 0.6) is 23.0 Å². The van der Waals surface area contributed by atoms with E-state index in [0.717, 1.165) is 16.8 Å². The van der Waals surface area contributed by atoms with Crippen molar-refractivity contribution in [3.05, 3.63) is 85.0 Å². The molecule has 0 radical (unpaired) electrons. The van der Waals surface area contributed by atoms with Gasteiger partial charge in [-0.25, -0.2) is 14.4 Å². The predicted molar refractivity (Wildman–Crippen MR) is 129 cm³/mol. The maximum Gasteiger partial charge on any atom is 0.343 e. The fourth-order valence-corrected chi connectivity index (χ4v) is 2.92. The molecule has 35 heavy (non-hydrogen) atoms. The summed E-state index contributed by atoms with van der Waals surface area (Å²) in [5, 5.41) is 11.7. The number of fused-ring (bicyclic) bond motifs is 1. The van der Waals surface area contributed by atoms with E-state index in [1.807, 2.05) is 12.1 Å². The number of benzene rings is 3. The number of ether oxygens (including phenoxy) is 4. The quantitative estimate of drug-likeness (QED) is 0.193. The lowest BCUT2D eigenvalue weighted by molar-refractivity contribution is -0.138. The van der Waals surface area contributed by atoms with Crippen molar-refractivity contribution >= 4 is 28.7 Å². The van der Waals surface area contributed by atoms with Crippen LogP contribution in [0.2, 0.25) is 0 Å². The number of hydrogen-bond donors (Lipinski definition) is 1. The van der Waals surface area contributed by atoms with Crippen molar-refractivity contribution in [2.75, 3.05) is 13.2 Å². The van der Waals surface area contributed by atoms with E-state index in [1.165, 1.54) is 25.1 Å². The van der Waals surface area contributed by atoms with Crippen molar-refractivity contribution in [2.24, 2.45) is 0 Å². The standard InChI is InChI=1S/C27H24O8/c1-4-25(29)33-13-5-12-32-21-9-8-18-14-20(7-6-19(18)15-21)27(31)34-22-10-11-24(23(28)16-22)35-26(30)17(2)3/h4,6-11,14-16,28H,1-2,5,12-13H2,3H3. The van der Waals surface area contributed by atoms with E-state index in [4.69, 9.17) is 18.9 Å². The van der Waals surface area contributed by atoms with E-state index in [-0.39, 0.29) is 29.4 Å². The number of carbonyl (C=O) groups excluding carboxylic acids is 3. The zero-order chi connectivity index (χ0) is 25.4. The molecule has 0 spiro atoms. The Labute approximate surface area is 202 Å². The first-order valence-corrected chi connectivity index (χ1v) is 10.7. The van der Waals surface area contributed by atoms with E-state index in [1.54, 1.807) is 24.3 Å². The van der Waals surface area contributed by atoms with Crippen LogP contribution in [0.1, 0.15) is 23.7 Å². The molecule has 0 amide bonds. The molecule has 8 nitrogen and oxygen atoms in total. The van der Waals surface area contributed by atoms with Crippen molar-refractivity contribution in [1.29, 1.82) is 0 Å². The van der Waals surface area contributed by atoms with Gasteiger partial charge in [0.05, 0.1) is 18.8 Å². The smallest absolute Gasteiger partial charge is 0.343 e. The van der Waals surface area contributed by atoms with Gasteiger partial charge in [0, 0.05) is 24.1 Å². The molecule has 0 aliphatic rings. The third kappa shape index (κ3) is 6.94. The predicted octanol–water partition coefficient (Wildman–Crippen LogP) is 4.74. The van der Waals surface area contributed by atoms with Crippen molar-refractivity contribution in [2.45, 2.75) is 13.3 Å². The molecule has 0 unspecified atom stereocenters. The van der Waals surface area contributed by atoms with Gasteiger partial charge in [0.25, 0.3) is 0 Å². The molecule has 3 aromatic rings. The summed E-state index contributed by atoms with van der Waals surface area (Å²) in [5.74, 6) is -1.45. The fourth-order valence-electron chi connectivity index (χ4n) is 2.92. The molecular weight excluding hydrogens is 452 g/mol. The van der Waals surface area contributed by atoms with Gasteiger partial charge in [-0.15, -0.1) is 0 Å². The third-order valence-corrected chi connectivity index (χ3v) is 4.71. The third-order valence-electron chi connectivity index (χ3n) is 4.71. The maximum absolute atomic E-state index is 12.6. The van der Waals surface area contributed by atoms with Gasteiger partial charge in [0.1, 0.15) is 11.5 Å². The first-order chi connectivity index (χ1) is 16.8. The van der Waals surface area contributed by atoms with Crippen LogP contribution in [0.25, 0.3) is 10.8 Å². The number of esters is 3. The first-order valence-electron chi connectivity index (χ1n) is 10.7. The topological polar surface area (TPSA) is 108 Å². The summed E-state index contributed by atoms with van der Waals surface area (Å²) in [6, 6.07) is 14.4. The van der Waals surface area contributed by atoms with Gasteiger partial charge in [-0.3, -0.25) is 0 Å². The van der Waals surface area contributed by atoms with Gasteiger partial charge in [-0.1, -0.05) is 25.3 Å². The highest BCUT2D eigenvalue weighted by molar-refractivity contribution is 5.96. The molecule has 3 aromatic carbocycles. The molecule has 0 aliphatic carbocycles. The van der Waals surface area contributed by atoms with Crippen LogP contribution in [-0.4, -0.2) is 36.2 Å². The molecule has 1 N–H and O–H groups in total. The van der Waals surface area contributed by atoms with E-state index >= 15 is 0 Å². The second-order valence-corrected chi connectivity index (χ2v) is 7.49. The summed E-state index contributed by atoms with van der Waals surface area (Å²) < 4.78 is 20.9. The van der Waals surface area contributed by atoms with Crippen LogP contribution in [0, 0.1) is 0 Å². The summed E-state index contributed by atoms with van der Waals surface area (Å²) in [6.07, 6.45) is 1.65. The Balaban J connectivity index is 1.61. The Kier molecular flexibility index (Phi) is 8.24. The molecule has 0 saturated carbocycles. The highest BCUT2D eigenvalue weighted by Crippen LogP contribution is 2.31. The van der Waals surface area contributed by atoms with Gasteiger partial charge in [-0.2, -0.15) is 0 Å². The zero-order valence-corrected chi connectivity index (χ0v) is 19.1. The van der Waals surface area contributed by atoms with Crippen molar-refractivity contribution in [3.8, 4) is 23.0 Å². The average molecular weight is 476 g/mol. The lowest BCUT2D eigenvalue weighted by Gasteiger charge is -2.10. The largest absolute Gasteiger partial charge is 0.504 e. The van der Waals surface area contributed by atoms with Gasteiger partial charge >= 0.3 is 17.9 Å². The van der Waals surface area contributed by atoms with Gasteiger partial charge in [0.15, 0.2) is 11.5 Å². The van der Waals surface area contributed by atoms with Crippen molar-refractivity contribution in [3.63, 3.8) is 0 Å². The Morgan fingerprint density at radius 3 is 2.34 bits per heavy atom. The van der Waals surface area contributed by atoms with Gasteiger partial charge < -0.3 is 24.1 Å². The average Bonchev–Trinajstić information content (AvgIpc) is 2.84. The molecule has 0 atom stereocenters. The molecule has 0 saturated heterocycles. The van der Waals surface area contributed by atoms with Crippen LogP contribution in [0.4, 0.5) is 0 Å². The molecule has 0 aromatic heterocycles. The van der Waals surface area contributed by atoms with E-state index in [9.17, 15) is 19.5 Å². The van der Waals surface area contributed by atoms with Crippen LogP contribution >= 0.6 is 0 Å². The minimum atomic E-state index is -0.677. The molecular formula is C27H24O8. The van der Waals surface area contributed by atoms with Crippen molar-refractivity contribution in [1.82, 2.24) is 0 Å². The number of aromatic hydroxyl groups is 1. The lowest BCUT2D eigenvalue weighted by Crippen LogP contribution is -2.10. The normalized spacial score (nSPS) is 10.3. The van der Waals surface area contributed by atoms with E-state index in [0.29, 0.717) is 24.3 Å². The molecule has 0 aliphatic heterocycles. The maximum atomic E-state index is 12.6. The molecule has 0 bridgehead atoms.